The second-order valence-corrected chi connectivity index (χ2v) is 4.56. The third kappa shape index (κ3) is 3.54. The summed E-state index contributed by atoms with van der Waals surface area (Å²) in [6, 6.07) is 1.85. The molecule has 3 nitrogen and oxygen atoms in total. The highest BCUT2D eigenvalue weighted by molar-refractivity contribution is 9.10. The zero-order chi connectivity index (χ0) is 10.6. The summed E-state index contributed by atoms with van der Waals surface area (Å²) in [6.45, 7) is 5.34. The summed E-state index contributed by atoms with van der Waals surface area (Å²) in [5.74, 6) is 1.56. The molecule has 0 atom stereocenters. The summed E-state index contributed by atoms with van der Waals surface area (Å²) in [6.07, 6.45) is 2.79. The maximum Gasteiger partial charge on any atom is 0.140 e. The molecule has 0 aliphatic heterocycles. The van der Waals surface area contributed by atoms with Crippen molar-refractivity contribution in [2.75, 3.05) is 17.6 Å². The molecule has 78 valence electrons. The van der Waals surface area contributed by atoms with Crippen LogP contribution in [-0.4, -0.2) is 11.5 Å². The Hall–Kier alpha value is -0.770. The van der Waals surface area contributed by atoms with Crippen molar-refractivity contribution >= 4 is 27.4 Å². The molecular formula is C10H16BrN3. The number of anilines is 2. The van der Waals surface area contributed by atoms with Gasteiger partial charge in [0.2, 0.25) is 0 Å². The zero-order valence-electron chi connectivity index (χ0n) is 8.55. The topological polar surface area (TPSA) is 50.9 Å². The van der Waals surface area contributed by atoms with Crippen molar-refractivity contribution in [3.8, 4) is 0 Å². The van der Waals surface area contributed by atoms with E-state index in [0.717, 1.165) is 23.3 Å². The van der Waals surface area contributed by atoms with Gasteiger partial charge < -0.3 is 11.1 Å². The Bertz CT molecular complexity index is 299. The van der Waals surface area contributed by atoms with E-state index in [-0.39, 0.29) is 0 Å². The van der Waals surface area contributed by atoms with E-state index in [1.54, 1.807) is 6.20 Å². The SMILES string of the molecule is CC(C)CCNc1ncc(N)cc1Br. The van der Waals surface area contributed by atoms with Crippen molar-refractivity contribution in [2.45, 2.75) is 20.3 Å². The standard InChI is InChI=1S/C10H16BrN3/c1-7(2)3-4-13-10-9(11)5-8(12)6-14-10/h5-7H,3-4,12H2,1-2H3,(H,13,14). The van der Waals surface area contributed by atoms with E-state index in [0.29, 0.717) is 11.6 Å². The van der Waals surface area contributed by atoms with E-state index < -0.39 is 0 Å². The lowest BCUT2D eigenvalue weighted by molar-refractivity contribution is 0.606. The van der Waals surface area contributed by atoms with Gasteiger partial charge >= 0.3 is 0 Å². The summed E-state index contributed by atoms with van der Waals surface area (Å²) in [7, 11) is 0. The minimum atomic E-state index is 0.672. The number of nitrogens with two attached hydrogens (primary N) is 1. The van der Waals surface area contributed by atoms with Crippen molar-refractivity contribution in [1.29, 1.82) is 0 Å². The highest BCUT2D eigenvalue weighted by atomic mass is 79.9. The number of nitrogen functional groups attached to an aromatic ring is 1. The minimum Gasteiger partial charge on any atom is -0.397 e. The first-order valence-corrected chi connectivity index (χ1v) is 5.53. The van der Waals surface area contributed by atoms with Crippen molar-refractivity contribution < 1.29 is 0 Å². The summed E-state index contributed by atoms with van der Waals surface area (Å²) in [5.41, 5.74) is 6.26. The van der Waals surface area contributed by atoms with E-state index in [9.17, 15) is 0 Å². The molecule has 0 fully saturated rings. The van der Waals surface area contributed by atoms with E-state index in [1.165, 1.54) is 0 Å². The molecular weight excluding hydrogens is 242 g/mol. The Morgan fingerprint density at radius 2 is 2.29 bits per heavy atom. The number of rotatable bonds is 4. The van der Waals surface area contributed by atoms with Crippen molar-refractivity contribution in [3.05, 3.63) is 16.7 Å². The predicted octanol–water partition coefficient (Wildman–Crippen LogP) is 2.88. The van der Waals surface area contributed by atoms with Gasteiger partial charge in [-0.15, -0.1) is 0 Å². The molecule has 0 aliphatic rings. The molecule has 0 radical (unpaired) electrons. The van der Waals surface area contributed by atoms with Crippen LogP contribution in [0.5, 0.6) is 0 Å². The third-order valence-corrected chi connectivity index (χ3v) is 2.48. The van der Waals surface area contributed by atoms with Crippen LogP contribution in [0.2, 0.25) is 0 Å². The van der Waals surface area contributed by atoms with Crippen LogP contribution in [0.25, 0.3) is 0 Å². The molecule has 1 heterocycles. The third-order valence-electron chi connectivity index (χ3n) is 1.88. The molecule has 0 aromatic carbocycles. The number of nitrogens with zero attached hydrogens (tertiary/aromatic N) is 1. The van der Waals surface area contributed by atoms with Gasteiger partial charge in [-0.3, -0.25) is 0 Å². The molecule has 4 heteroatoms. The Kier molecular flexibility index (Phi) is 4.20. The van der Waals surface area contributed by atoms with Gasteiger partial charge in [-0.2, -0.15) is 0 Å². The molecule has 0 amide bonds. The maximum absolute atomic E-state index is 5.58. The molecule has 0 spiro atoms. The first kappa shape index (κ1) is 11.3. The summed E-state index contributed by atoms with van der Waals surface area (Å²) >= 11 is 3.41. The summed E-state index contributed by atoms with van der Waals surface area (Å²) in [4.78, 5) is 4.19. The number of aromatic nitrogens is 1. The molecule has 0 saturated heterocycles. The highest BCUT2D eigenvalue weighted by Crippen LogP contribution is 2.21. The molecule has 0 bridgehead atoms. The van der Waals surface area contributed by atoms with E-state index in [4.69, 9.17) is 5.73 Å². The van der Waals surface area contributed by atoms with Crippen LogP contribution in [0.4, 0.5) is 11.5 Å². The number of halogens is 1. The lowest BCUT2D eigenvalue weighted by Gasteiger charge is -2.09. The first-order valence-electron chi connectivity index (χ1n) is 4.74. The fraction of sp³-hybridized carbons (Fsp3) is 0.500. The van der Waals surface area contributed by atoms with Crippen LogP contribution >= 0.6 is 15.9 Å². The van der Waals surface area contributed by atoms with Gasteiger partial charge in [-0.25, -0.2) is 4.98 Å². The van der Waals surface area contributed by atoms with Crippen LogP contribution in [0.15, 0.2) is 16.7 Å². The quantitative estimate of drug-likeness (QED) is 0.873. The average Bonchev–Trinajstić information content (AvgIpc) is 2.08. The largest absolute Gasteiger partial charge is 0.397 e. The van der Waals surface area contributed by atoms with Crippen LogP contribution in [0.1, 0.15) is 20.3 Å². The van der Waals surface area contributed by atoms with Crippen LogP contribution in [0.3, 0.4) is 0 Å². The monoisotopic (exact) mass is 257 g/mol. The molecule has 3 N–H and O–H groups in total. The van der Waals surface area contributed by atoms with Crippen molar-refractivity contribution in [1.82, 2.24) is 4.98 Å². The maximum atomic E-state index is 5.58. The Labute approximate surface area is 93.2 Å². The van der Waals surface area contributed by atoms with Gasteiger partial charge in [0.05, 0.1) is 16.4 Å². The fourth-order valence-electron chi connectivity index (χ4n) is 1.06. The molecule has 0 unspecified atom stereocenters. The normalized spacial score (nSPS) is 10.6. The Morgan fingerprint density at radius 1 is 1.57 bits per heavy atom. The van der Waals surface area contributed by atoms with Crippen LogP contribution in [-0.2, 0) is 0 Å². The highest BCUT2D eigenvalue weighted by Gasteiger charge is 2.01. The van der Waals surface area contributed by atoms with Gasteiger partial charge in [0.25, 0.3) is 0 Å². The molecule has 1 aromatic heterocycles. The molecule has 0 aliphatic carbocycles. The molecule has 14 heavy (non-hydrogen) atoms. The molecule has 1 rings (SSSR count). The zero-order valence-corrected chi connectivity index (χ0v) is 10.1. The minimum absolute atomic E-state index is 0.672. The number of hydrogen-bond acceptors (Lipinski definition) is 3. The first-order chi connectivity index (χ1) is 6.59. The summed E-state index contributed by atoms with van der Waals surface area (Å²) < 4.78 is 0.918. The fourth-order valence-corrected chi connectivity index (χ4v) is 1.57. The van der Waals surface area contributed by atoms with Gasteiger partial charge in [-0.05, 0) is 34.3 Å². The number of hydrogen-bond donors (Lipinski definition) is 2. The van der Waals surface area contributed by atoms with Crippen LogP contribution in [0, 0.1) is 5.92 Å². The average molecular weight is 258 g/mol. The van der Waals surface area contributed by atoms with Gasteiger partial charge in [0.15, 0.2) is 0 Å². The number of nitrogens with one attached hydrogen (secondary N) is 1. The molecule has 0 saturated carbocycles. The van der Waals surface area contributed by atoms with Gasteiger partial charge in [0, 0.05) is 6.54 Å². The Balaban J connectivity index is 2.51. The van der Waals surface area contributed by atoms with Crippen molar-refractivity contribution in [3.63, 3.8) is 0 Å². The van der Waals surface area contributed by atoms with Gasteiger partial charge in [-0.1, -0.05) is 13.8 Å². The lowest BCUT2D eigenvalue weighted by Crippen LogP contribution is -2.06. The lowest BCUT2D eigenvalue weighted by atomic mass is 10.1. The predicted molar refractivity (Wildman–Crippen MR) is 64.3 cm³/mol. The second kappa shape index (κ2) is 5.20. The number of pyridine rings is 1. The Morgan fingerprint density at radius 3 is 2.86 bits per heavy atom. The summed E-state index contributed by atoms with van der Waals surface area (Å²) in [5, 5.41) is 3.26. The van der Waals surface area contributed by atoms with Gasteiger partial charge in [0.1, 0.15) is 5.82 Å². The van der Waals surface area contributed by atoms with Crippen LogP contribution < -0.4 is 11.1 Å². The van der Waals surface area contributed by atoms with E-state index >= 15 is 0 Å². The van der Waals surface area contributed by atoms with Crippen molar-refractivity contribution in [2.24, 2.45) is 5.92 Å². The second-order valence-electron chi connectivity index (χ2n) is 3.71. The smallest absolute Gasteiger partial charge is 0.140 e. The van der Waals surface area contributed by atoms with E-state index in [1.807, 2.05) is 6.07 Å². The molecule has 1 aromatic rings. The van der Waals surface area contributed by atoms with E-state index in [2.05, 4.69) is 40.1 Å².